The standard InChI is InChI=1S/C7H15ClO2/c1-3-10-5-4-7(8)6-9-2/h7H,3-6H2,1-2H3. The molecule has 0 aliphatic rings. The molecular formula is C7H15ClO2. The lowest BCUT2D eigenvalue weighted by molar-refractivity contribution is 0.131. The molecule has 0 amide bonds. The molecule has 0 bridgehead atoms. The van der Waals surface area contributed by atoms with Crippen molar-refractivity contribution in [1.29, 1.82) is 0 Å². The fourth-order valence-corrected chi connectivity index (χ4v) is 0.835. The van der Waals surface area contributed by atoms with Crippen molar-refractivity contribution in [1.82, 2.24) is 0 Å². The summed E-state index contributed by atoms with van der Waals surface area (Å²) >= 11 is 5.81. The van der Waals surface area contributed by atoms with Gasteiger partial charge in [-0.1, -0.05) is 0 Å². The third-order valence-electron chi connectivity index (χ3n) is 1.13. The molecule has 0 aliphatic carbocycles. The Bertz CT molecular complexity index is 68.6. The van der Waals surface area contributed by atoms with Crippen molar-refractivity contribution in [3.05, 3.63) is 0 Å². The van der Waals surface area contributed by atoms with Crippen LogP contribution in [0.15, 0.2) is 0 Å². The average Bonchev–Trinajstić information content (AvgIpc) is 1.89. The van der Waals surface area contributed by atoms with Gasteiger partial charge in [0.25, 0.3) is 0 Å². The largest absolute Gasteiger partial charge is 0.383 e. The summed E-state index contributed by atoms with van der Waals surface area (Å²) in [6, 6.07) is 0. The molecule has 0 spiro atoms. The minimum Gasteiger partial charge on any atom is -0.383 e. The van der Waals surface area contributed by atoms with Gasteiger partial charge in [-0.25, -0.2) is 0 Å². The van der Waals surface area contributed by atoms with Crippen LogP contribution in [0.3, 0.4) is 0 Å². The number of halogens is 1. The second kappa shape index (κ2) is 7.32. The zero-order valence-electron chi connectivity index (χ0n) is 6.60. The van der Waals surface area contributed by atoms with Crippen molar-refractivity contribution in [2.45, 2.75) is 18.7 Å². The van der Waals surface area contributed by atoms with Gasteiger partial charge in [-0.05, 0) is 13.3 Å². The molecule has 1 atom stereocenters. The molecule has 0 heterocycles. The Morgan fingerprint density at radius 2 is 2.20 bits per heavy atom. The molecular weight excluding hydrogens is 152 g/mol. The number of hydrogen-bond donors (Lipinski definition) is 0. The molecule has 3 heteroatoms. The SMILES string of the molecule is CCOCCC(Cl)COC. The van der Waals surface area contributed by atoms with Gasteiger partial charge in [-0.3, -0.25) is 0 Å². The summed E-state index contributed by atoms with van der Waals surface area (Å²) in [5.41, 5.74) is 0. The summed E-state index contributed by atoms with van der Waals surface area (Å²) in [5.74, 6) is 0. The van der Waals surface area contributed by atoms with Gasteiger partial charge in [-0.2, -0.15) is 0 Å². The lowest BCUT2D eigenvalue weighted by atomic mass is 10.3. The van der Waals surface area contributed by atoms with Crippen LogP contribution in [-0.2, 0) is 9.47 Å². The minimum absolute atomic E-state index is 0.0940. The Labute approximate surface area is 67.5 Å². The average molecular weight is 167 g/mol. The number of alkyl halides is 1. The molecule has 2 nitrogen and oxygen atoms in total. The smallest absolute Gasteiger partial charge is 0.0627 e. The van der Waals surface area contributed by atoms with Crippen molar-refractivity contribution < 1.29 is 9.47 Å². The monoisotopic (exact) mass is 166 g/mol. The first kappa shape index (κ1) is 10.2. The molecule has 0 rings (SSSR count). The van der Waals surface area contributed by atoms with Crippen molar-refractivity contribution in [2.75, 3.05) is 26.9 Å². The van der Waals surface area contributed by atoms with Gasteiger partial charge in [0.15, 0.2) is 0 Å². The summed E-state index contributed by atoms with van der Waals surface area (Å²) in [6.45, 7) is 4.07. The maximum atomic E-state index is 5.81. The molecule has 1 unspecified atom stereocenters. The molecule has 0 aromatic rings. The summed E-state index contributed by atoms with van der Waals surface area (Å²) in [5, 5.41) is 0.0940. The molecule has 10 heavy (non-hydrogen) atoms. The number of hydrogen-bond acceptors (Lipinski definition) is 2. The zero-order chi connectivity index (χ0) is 7.82. The van der Waals surface area contributed by atoms with Crippen LogP contribution < -0.4 is 0 Å². The Kier molecular flexibility index (Phi) is 7.47. The summed E-state index contributed by atoms with van der Waals surface area (Å²) < 4.78 is 9.96. The zero-order valence-corrected chi connectivity index (χ0v) is 7.36. The summed E-state index contributed by atoms with van der Waals surface area (Å²) in [6.07, 6.45) is 0.864. The van der Waals surface area contributed by atoms with Crippen LogP contribution in [0.5, 0.6) is 0 Å². The Hall–Kier alpha value is 0.210. The van der Waals surface area contributed by atoms with Gasteiger partial charge >= 0.3 is 0 Å². The highest BCUT2D eigenvalue weighted by molar-refractivity contribution is 6.20. The summed E-state index contributed by atoms with van der Waals surface area (Å²) in [7, 11) is 1.65. The quantitative estimate of drug-likeness (QED) is 0.442. The first-order valence-electron chi connectivity index (χ1n) is 3.52. The van der Waals surface area contributed by atoms with Gasteiger partial charge in [0.05, 0.1) is 12.0 Å². The van der Waals surface area contributed by atoms with Crippen molar-refractivity contribution in [3.63, 3.8) is 0 Å². The van der Waals surface area contributed by atoms with Gasteiger partial charge in [0.2, 0.25) is 0 Å². The predicted molar refractivity (Wildman–Crippen MR) is 42.6 cm³/mol. The lowest BCUT2D eigenvalue weighted by Gasteiger charge is -2.06. The van der Waals surface area contributed by atoms with Crippen LogP contribution in [0.2, 0.25) is 0 Å². The van der Waals surface area contributed by atoms with E-state index >= 15 is 0 Å². The fourth-order valence-electron chi connectivity index (χ4n) is 0.620. The predicted octanol–water partition coefficient (Wildman–Crippen LogP) is 1.67. The van der Waals surface area contributed by atoms with Gasteiger partial charge in [0.1, 0.15) is 0 Å². The van der Waals surface area contributed by atoms with E-state index < -0.39 is 0 Å². The van der Waals surface area contributed by atoms with E-state index in [1.165, 1.54) is 0 Å². The minimum atomic E-state index is 0.0940. The van der Waals surface area contributed by atoms with Crippen molar-refractivity contribution >= 4 is 11.6 Å². The lowest BCUT2D eigenvalue weighted by Crippen LogP contribution is -2.10. The van der Waals surface area contributed by atoms with E-state index in [0.717, 1.165) is 19.6 Å². The van der Waals surface area contributed by atoms with Crippen LogP contribution in [0.4, 0.5) is 0 Å². The van der Waals surface area contributed by atoms with E-state index in [2.05, 4.69) is 0 Å². The number of methoxy groups -OCH3 is 1. The molecule has 0 aliphatic heterocycles. The maximum absolute atomic E-state index is 5.81. The topological polar surface area (TPSA) is 18.5 Å². The van der Waals surface area contributed by atoms with Crippen LogP contribution in [0, 0.1) is 0 Å². The highest BCUT2D eigenvalue weighted by Gasteiger charge is 2.01. The Morgan fingerprint density at radius 1 is 1.50 bits per heavy atom. The van der Waals surface area contributed by atoms with E-state index in [1.807, 2.05) is 6.92 Å². The van der Waals surface area contributed by atoms with E-state index in [-0.39, 0.29) is 5.38 Å². The highest BCUT2D eigenvalue weighted by atomic mass is 35.5. The maximum Gasteiger partial charge on any atom is 0.0627 e. The second-order valence-corrected chi connectivity index (χ2v) is 2.66. The number of ether oxygens (including phenoxy) is 2. The summed E-state index contributed by atoms with van der Waals surface area (Å²) in [4.78, 5) is 0. The van der Waals surface area contributed by atoms with Gasteiger partial charge in [-0.15, -0.1) is 11.6 Å². The van der Waals surface area contributed by atoms with Crippen LogP contribution in [-0.4, -0.2) is 32.3 Å². The molecule has 0 aromatic heterocycles. The van der Waals surface area contributed by atoms with E-state index in [9.17, 15) is 0 Å². The van der Waals surface area contributed by atoms with E-state index in [0.29, 0.717) is 6.61 Å². The van der Waals surface area contributed by atoms with Gasteiger partial charge in [0, 0.05) is 20.3 Å². The first-order chi connectivity index (χ1) is 4.81. The molecule has 62 valence electrons. The molecule has 0 saturated heterocycles. The molecule has 0 N–H and O–H groups in total. The second-order valence-electron chi connectivity index (χ2n) is 2.04. The Balaban J connectivity index is 2.97. The third-order valence-corrected chi connectivity index (χ3v) is 1.47. The molecule has 0 aromatic carbocycles. The van der Waals surface area contributed by atoms with Gasteiger partial charge < -0.3 is 9.47 Å². The molecule has 0 fully saturated rings. The normalized spacial score (nSPS) is 13.5. The number of rotatable bonds is 6. The van der Waals surface area contributed by atoms with Crippen LogP contribution >= 0.6 is 11.6 Å². The molecule has 0 radical (unpaired) electrons. The van der Waals surface area contributed by atoms with Crippen LogP contribution in [0.1, 0.15) is 13.3 Å². The van der Waals surface area contributed by atoms with Crippen molar-refractivity contribution in [2.24, 2.45) is 0 Å². The van der Waals surface area contributed by atoms with E-state index in [4.69, 9.17) is 21.1 Å². The molecule has 0 saturated carbocycles. The highest BCUT2D eigenvalue weighted by Crippen LogP contribution is 2.01. The first-order valence-corrected chi connectivity index (χ1v) is 3.95. The van der Waals surface area contributed by atoms with Crippen LogP contribution in [0.25, 0.3) is 0 Å². The van der Waals surface area contributed by atoms with E-state index in [1.54, 1.807) is 7.11 Å². The fraction of sp³-hybridized carbons (Fsp3) is 1.00. The third kappa shape index (κ3) is 6.33. The Morgan fingerprint density at radius 3 is 2.70 bits per heavy atom. The van der Waals surface area contributed by atoms with Crippen molar-refractivity contribution in [3.8, 4) is 0 Å².